The van der Waals surface area contributed by atoms with Gasteiger partial charge in [0.25, 0.3) is 0 Å². The Labute approximate surface area is 114 Å². The molecular weight excluding hydrogens is 257 g/mol. The molecule has 2 aromatic heterocycles. The van der Waals surface area contributed by atoms with Gasteiger partial charge in [0.15, 0.2) is 0 Å². The zero-order valence-corrected chi connectivity index (χ0v) is 10.8. The van der Waals surface area contributed by atoms with Crippen molar-refractivity contribution in [2.75, 3.05) is 0 Å². The van der Waals surface area contributed by atoms with Crippen molar-refractivity contribution < 1.29 is 9.60 Å². The summed E-state index contributed by atoms with van der Waals surface area (Å²) in [7, 11) is 0. The van der Waals surface area contributed by atoms with E-state index in [9.17, 15) is 4.39 Å². The molecule has 0 saturated heterocycles. The summed E-state index contributed by atoms with van der Waals surface area (Å²) < 4.78 is 14.8. The summed E-state index contributed by atoms with van der Waals surface area (Å²) in [5.74, 6) is -0.293. The van der Waals surface area contributed by atoms with Gasteiger partial charge >= 0.3 is 0 Å². The Morgan fingerprint density at radius 1 is 1.20 bits per heavy atom. The molecule has 2 heterocycles. The molecule has 0 unspecified atom stereocenters. The Morgan fingerprint density at radius 2 is 1.95 bits per heavy atom. The Bertz CT molecular complexity index is 791. The average Bonchev–Trinajstić information content (AvgIpc) is 2.77. The number of hydrogen-bond donors (Lipinski definition) is 1. The lowest BCUT2D eigenvalue weighted by Gasteiger charge is -2.01. The Kier molecular flexibility index (Phi) is 2.95. The van der Waals surface area contributed by atoms with Crippen LogP contribution in [0.2, 0.25) is 0 Å². The van der Waals surface area contributed by atoms with Crippen LogP contribution in [0.5, 0.6) is 0 Å². The molecular formula is C15H12FN3O. The molecule has 0 atom stereocenters. The number of aryl methyl sites for hydroxylation is 1. The summed E-state index contributed by atoms with van der Waals surface area (Å²) in [6, 6.07) is 10.1. The van der Waals surface area contributed by atoms with Crippen LogP contribution in [0.15, 0.2) is 47.8 Å². The normalized spacial score (nSPS) is 11.5. The molecule has 0 bridgehead atoms. The fourth-order valence-electron chi connectivity index (χ4n) is 2.23. The number of oxime groups is 1. The molecule has 0 spiro atoms. The van der Waals surface area contributed by atoms with Crippen molar-refractivity contribution in [2.45, 2.75) is 6.92 Å². The fourth-order valence-corrected chi connectivity index (χ4v) is 2.23. The van der Waals surface area contributed by atoms with Crippen molar-refractivity contribution in [1.82, 2.24) is 9.61 Å². The van der Waals surface area contributed by atoms with Gasteiger partial charge in [-0.25, -0.2) is 8.91 Å². The van der Waals surface area contributed by atoms with Gasteiger partial charge < -0.3 is 5.21 Å². The molecule has 20 heavy (non-hydrogen) atoms. The topological polar surface area (TPSA) is 49.9 Å². The van der Waals surface area contributed by atoms with Crippen molar-refractivity contribution in [3.63, 3.8) is 0 Å². The summed E-state index contributed by atoms with van der Waals surface area (Å²) in [6.07, 6.45) is 3.16. The van der Waals surface area contributed by atoms with E-state index in [1.54, 1.807) is 16.6 Å². The van der Waals surface area contributed by atoms with Crippen molar-refractivity contribution in [2.24, 2.45) is 5.16 Å². The number of benzene rings is 1. The standard InChI is InChI=1S/C15H12FN3O/c1-10-2-7-14-15(11-3-5-12(16)6-4-11)13(8-17-20)18-19(14)9-10/h2-9,20H,1H3. The van der Waals surface area contributed by atoms with Gasteiger partial charge in [0.2, 0.25) is 0 Å². The first-order chi connectivity index (χ1) is 9.69. The van der Waals surface area contributed by atoms with Crippen molar-refractivity contribution >= 4 is 11.7 Å². The van der Waals surface area contributed by atoms with Crippen LogP contribution in [0.3, 0.4) is 0 Å². The zero-order chi connectivity index (χ0) is 14.1. The van der Waals surface area contributed by atoms with E-state index in [1.165, 1.54) is 18.3 Å². The molecule has 0 saturated carbocycles. The highest BCUT2D eigenvalue weighted by atomic mass is 19.1. The van der Waals surface area contributed by atoms with Gasteiger partial charge in [0, 0.05) is 11.8 Å². The maximum absolute atomic E-state index is 13.1. The van der Waals surface area contributed by atoms with E-state index in [4.69, 9.17) is 5.21 Å². The molecule has 100 valence electrons. The number of rotatable bonds is 2. The highest BCUT2D eigenvalue weighted by molar-refractivity contribution is 5.95. The Hall–Kier alpha value is -2.69. The second kappa shape index (κ2) is 4.77. The van der Waals surface area contributed by atoms with Gasteiger partial charge in [-0.1, -0.05) is 23.4 Å². The van der Waals surface area contributed by atoms with E-state index in [2.05, 4.69) is 10.3 Å². The third-order valence-electron chi connectivity index (χ3n) is 3.12. The number of nitrogens with zero attached hydrogens (tertiary/aromatic N) is 3. The van der Waals surface area contributed by atoms with Crippen molar-refractivity contribution in [3.8, 4) is 11.1 Å². The molecule has 0 radical (unpaired) electrons. The van der Waals surface area contributed by atoms with Gasteiger partial charge in [-0.15, -0.1) is 0 Å². The molecule has 0 aliphatic carbocycles. The lowest BCUT2D eigenvalue weighted by molar-refractivity contribution is 0.321. The number of fused-ring (bicyclic) bond motifs is 1. The van der Waals surface area contributed by atoms with Crippen LogP contribution in [0, 0.1) is 12.7 Å². The predicted octanol–water partition coefficient (Wildman–Crippen LogP) is 3.26. The minimum atomic E-state index is -0.293. The molecule has 5 heteroatoms. The van der Waals surface area contributed by atoms with E-state index in [-0.39, 0.29) is 5.82 Å². The lowest BCUT2D eigenvalue weighted by Crippen LogP contribution is -1.88. The SMILES string of the molecule is Cc1ccc2c(-c3ccc(F)cc3)c(C=NO)nn2c1. The van der Waals surface area contributed by atoms with Gasteiger partial charge in [-0.05, 0) is 36.2 Å². The van der Waals surface area contributed by atoms with Gasteiger partial charge in [-0.2, -0.15) is 5.10 Å². The summed E-state index contributed by atoms with van der Waals surface area (Å²) in [5.41, 5.74) is 4.10. The summed E-state index contributed by atoms with van der Waals surface area (Å²) in [6.45, 7) is 1.97. The largest absolute Gasteiger partial charge is 0.411 e. The number of pyridine rings is 1. The van der Waals surface area contributed by atoms with Crippen molar-refractivity contribution in [1.29, 1.82) is 0 Å². The third-order valence-corrected chi connectivity index (χ3v) is 3.12. The van der Waals surface area contributed by atoms with Crippen molar-refractivity contribution in [3.05, 3.63) is 59.7 Å². The van der Waals surface area contributed by atoms with Crippen LogP contribution in [-0.4, -0.2) is 21.0 Å². The van der Waals surface area contributed by atoms with E-state index in [0.29, 0.717) is 5.69 Å². The van der Waals surface area contributed by atoms with E-state index < -0.39 is 0 Å². The minimum absolute atomic E-state index is 0.293. The highest BCUT2D eigenvalue weighted by Crippen LogP contribution is 2.28. The van der Waals surface area contributed by atoms with Gasteiger partial charge in [0.05, 0.1) is 11.7 Å². The molecule has 0 fully saturated rings. The Balaban J connectivity index is 2.31. The van der Waals surface area contributed by atoms with E-state index >= 15 is 0 Å². The van der Waals surface area contributed by atoms with Gasteiger partial charge in [-0.3, -0.25) is 0 Å². The zero-order valence-electron chi connectivity index (χ0n) is 10.8. The number of hydrogen-bond acceptors (Lipinski definition) is 3. The second-order valence-electron chi connectivity index (χ2n) is 4.55. The monoisotopic (exact) mass is 269 g/mol. The number of aromatic nitrogens is 2. The van der Waals surface area contributed by atoms with Crippen LogP contribution in [0.4, 0.5) is 4.39 Å². The number of halogens is 1. The van der Waals surface area contributed by atoms with E-state index in [1.807, 2.05) is 25.3 Å². The molecule has 0 aliphatic rings. The molecule has 3 aromatic rings. The molecule has 0 aliphatic heterocycles. The quantitative estimate of drug-likeness (QED) is 0.441. The first-order valence-corrected chi connectivity index (χ1v) is 6.11. The van der Waals surface area contributed by atoms with Gasteiger partial charge in [0.1, 0.15) is 11.5 Å². The molecule has 3 rings (SSSR count). The molecule has 0 amide bonds. The fraction of sp³-hybridized carbons (Fsp3) is 0.0667. The average molecular weight is 269 g/mol. The summed E-state index contributed by atoms with van der Waals surface area (Å²) in [5, 5.41) is 16.2. The molecule has 4 nitrogen and oxygen atoms in total. The predicted molar refractivity (Wildman–Crippen MR) is 74.7 cm³/mol. The second-order valence-corrected chi connectivity index (χ2v) is 4.55. The molecule has 1 N–H and O–H groups in total. The van der Waals surface area contributed by atoms with E-state index in [0.717, 1.165) is 22.2 Å². The van der Waals surface area contributed by atoms with Crippen LogP contribution in [0.25, 0.3) is 16.6 Å². The molecule has 1 aromatic carbocycles. The maximum atomic E-state index is 13.1. The first kappa shape index (κ1) is 12.3. The van der Waals surface area contributed by atoms with Crippen LogP contribution < -0.4 is 0 Å². The van der Waals surface area contributed by atoms with Crippen LogP contribution in [0.1, 0.15) is 11.3 Å². The highest BCUT2D eigenvalue weighted by Gasteiger charge is 2.13. The lowest BCUT2D eigenvalue weighted by atomic mass is 10.0. The van der Waals surface area contributed by atoms with Crippen LogP contribution in [-0.2, 0) is 0 Å². The van der Waals surface area contributed by atoms with Crippen LogP contribution >= 0.6 is 0 Å². The Morgan fingerprint density at radius 3 is 2.65 bits per heavy atom. The smallest absolute Gasteiger partial charge is 0.123 e. The third kappa shape index (κ3) is 2.03. The summed E-state index contributed by atoms with van der Waals surface area (Å²) in [4.78, 5) is 0. The first-order valence-electron chi connectivity index (χ1n) is 6.11. The summed E-state index contributed by atoms with van der Waals surface area (Å²) >= 11 is 0. The maximum Gasteiger partial charge on any atom is 0.123 e. The minimum Gasteiger partial charge on any atom is -0.411 e.